The highest BCUT2D eigenvalue weighted by molar-refractivity contribution is 5.93. The highest BCUT2D eigenvalue weighted by Crippen LogP contribution is 2.01. The van der Waals surface area contributed by atoms with Crippen LogP contribution < -0.4 is 5.32 Å². The van der Waals surface area contributed by atoms with Crippen molar-refractivity contribution in [3.05, 3.63) is 41.3 Å². The summed E-state index contributed by atoms with van der Waals surface area (Å²) in [5, 5.41) is 15.0. The molecule has 2 aromatic rings. The smallest absolute Gasteiger partial charge is 0.337 e. The Hall–Kier alpha value is -2.77. The van der Waals surface area contributed by atoms with Gasteiger partial charge in [-0.25, -0.2) is 4.79 Å². The number of aryl methyl sites for hydroxylation is 1. The average molecular weight is 276 g/mol. The van der Waals surface area contributed by atoms with Gasteiger partial charge in [-0.3, -0.25) is 9.78 Å². The molecule has 0 bridgehead atoms. The van der Waals surface area contributed by atoms with Gasteiger partial charge in [-0.15, -0.1) is 0 Å². The molecule has 0 fully saturated rings. The van der Waals surface area contributed by atoms with E-state index >= 15 is 0 Å². The summed E-state index contributed by atoms with van der Waals surface area (Å²) in [4.78, 5) is 30.2. The molecule has 0 aliphatic heterocycles. The lowest BCUT2D eigenvalue weighted by atomic mass is 10.2. The molecule has 20 heavy (non-hydrogen) atoms. The van der Waals surface area contributed by atoms with E-state index in [2.05, 4.69) is 20.4 Å². The maximum absolute atomic E-state index is 11.7. The third-order valence-corrected chi connectivity index (χ3v) is 2.44. The first-order valence-electron chi connectivity index (χ1n) is 5.83. The van der Waals surface area contributed by atoms with Crippen molar-refractivity contribution in [2.24, 2.45) is 0 Å². The number of hydrogen-bond donors (Lipinski definition) is 2. The van der Waals surface area contributed by atoms with E-state index in [1.807, 2.05) is 0 Å². The number of carbonyl (C=O) groups is 2. The third kappa shape index (κ3) is 3.37. The Morgan fingerprint density at radius 1 is 1.40 bits per heavy atom. The van der Waals surface area contributed by atoms with Crippen LogP contribution in [0.1, 0.15) is 32.6 Å². The number of carboxylic acid groups (broad SMARTS) is 1. The van der Waals surface area contributed by atoms with Crippen molar-refractivity contribution in [2.45, 2.75) is 13.3 Å². The fourth-order valence-electron chi connectivity index (χ4n) is 1.47. The Balaban J connectivity index is 1.86. The summed E-state index contributed by atoms with van der Waals surface area (Å²) in [5.41, 5.74) is 0.180. The number of carboxylic acids is 1. The van der Waals surface area contributed by atoms with Crippen LogP contribution in [-0.2, 0) is 6.42 Å². The molecule has 0 saturated heterocycles. The van der Waals surface area contributed by atoms with Crippen molar-refractivity contribution < 1.29 is 19.2 Å². The van der Waals surface area contributed by atoms with Crippen LogP contribution in [0.15, 0.2) is 22.9 Å². The van der Waals surface area contributed by atoms with Gasteiger partial charge in [0.25, 0.3) is 5.91 Å². The van der Waals surface area contributed by atoms with Gasteiger partial charge in [0.1, 0.15) is 5.69 Å². The quantitative estimate of drug-likeness (QED) is 0.813. The molecule has 2 rings (SSSR count). The predicted octanol–water partition coefficient (Wildman–Crippen LogP) is 0.444. The van der Waals surface area contributed by atoms with Gasteiger partial charge in [-0.2, -0.15) is 4.98 Å². The molecular weight excluding hydrogens is 264 g/mol. The van der Waals surface area contributed by atoms with E-state index < -0.39 is 11.9 Å². The number of hydrogen-bond acceptors (Lipinski definition) is 6. The van der Waals surface area contributed by atoms with Gasteiger partial charge >= 0.3 is 5.97 Å². The minimum Gasteiger partial charge on any atom is -0.478 e. The van der Waals surface area contributed by atoms with Crippen molar-refractivity contribution in [1.29, 1.82) is 0 Å². The van der Waals surface area contributed by atoms with Gasteiger partial charge in [0.2, 0.25) is 5.89 Å². The molecule has 0 radical (unpaired) electrons. The SMILES string of the molecule is Cc1noc(CCNC(=O)c2ccc(C(=O)O)cn2)n1. The number of carbonyl (C=O) groups excluding carboxylic acids is 1. The Morgan fingerprint density at radius 2 is 2.20 bits per heavy atom. The third-order valence-electron chi connectivity index (χ3n) is 2.44. The number of aromatic nitrogens is 3. The molecule has 0 spiro atoms. The molecule has 0 aliphatic rings. The highest BCUT2D eigenvalue weighted by atomic mass is 16.5. The zero-order valence-electron chi connectivity index (χ0n) is 10.7. The first-order valence-corrected chi connectivity index (χ1v) is 5.83. The molecule has 0 aliphatic carbocycles. The second-order valence-electron chi connectivity index (χ2n) is 3.98. The van der Waals surface area contributed by atoms with Crippen molar-refractivity contribution >= 4 is 11.9 Å². The molecule has 0 aromatic carbocycles. The molecule has 2 heterocycles. The van der Waals surface area contributed by atoms with Crippen LogP contribution >= 0.6 is 0 Å². The number of nitrogens with one attached hydrogen (secondary N) is 1. The molecule has 1 amide bonds. The summed E-state index contributed by atoms with van der Waals surface area (Å²) in [5.74, 6) is -0.497. The van der Waals surface area contributed by atoms with E-state index in [-0.39, 0.29) is 11.3 Å². The van der Waals surface area contributed by atoms with E-state index in [0.29, 0.717) is 24.7 Å². The Kier molecular flexibility index (Phi) is 4.04. The molecule has 8 heteroatoms. The minimum atomic E-state index is -1.09. The van der Waals surface area contributed by atoms with Crippen molar-refractivity contribution in [3.8, 4) is 0 Å². The summed E-state index contributed by atoms with van der Waals surface area (Å²) < 4.78 is 4.90. The van der Waals surface area contributed by atoms with Gasteiger partial charge < -0.3 is 14.9 Å². The molecule has 0 atom stereocenters. The van der Waals surface area contributed by atoms with E-state index in [4.69, 9.17) is 9.63 Å². The largest absolute Gasteiger partial charge is 0.478 e. The summed E-state index contributed by atoms with van der Waals surface area (Å²) in [7, 11) is 0. The second kappa shape index (κ2) is 5.91. The monoisotopic (exact) mass is 276 g/mol. The molecule has 104 valence electrons. The fourth-order valence-corrected chi connectivity index (χ4v) is 1.47. The number of nitrogens with zero attached hydrogens (tertiary/aromatic N) is 3. The summed E-state index contributed by atoms with van der Waals surface area (Å²) in [6.07, 6.45) is 1.55. The van der Waals surface area contributed by atoms with Gasteiger partial charge in [0.15, 0.2) is 5.82 Å². The number of amides is 1. The summed E-state index contributed by atoms with van der Waals surface area (Å²) in [6.45, 7) is 2.03. The second-order valence-corrected chi connectivity index (χ2v) is 3.98. The normalized spacial score (nSPS) is 10.2. The standard InChI is InChI=1S/C12H12N4O4/c1-7-15-10(20-16-7)4-5-13-11(17)9-3-2-8(6-14-9)12(18)19/h2-3,6H,4-5H2,1H3,(H,13,17)(H,18,19). The Labute approximate surface area is 113 Å². The van der Waals surface area contributed by atoms with E-state index in [1.165, 1.54) is 12.1 Å². The highest BCUT2D eigenvalue weighted by Gasteiger charge is 2.10. The molecular formula is C12H12N4O4. The van der Waals surface area contributed by atoms with Crippen LogP contribution in [0.3, 0.4) is 0 Å². The maximum Gasteiger partial charge on any atom is 0.337 e. The molecule has 2 aromatic heterocycles. The molecule has 8 nitrogen and oxygen atoms in total. The number of aromatic carboxylic acids is 1. The lowest BCUT2D eigenvalue weighted by molar-refractivity contribution is 0.0695. The van der Waals surface area contributed by atoms with Crippen molar-refractivity contribution in [1.82, 2.24) is 20.4 Å². The lowest BCUT2D eigenvalue weighted by Crippen LogP contribution is -2.26. The average Bonchev–Trinajstić information content (AvgIpc) is 2.84. The predicted molar refractivity (Wildman–Crippen MR) is 66.3 cm³/mol. The molecule has 0 unspecified atom stereocenters. The summed E-state index contributed by atoms with van der Waals surface area (Å²) in [6, 6.07) is 2.68. The molecule has 2 N–H and O–H groups in total. The van der Waals surface area contributed by atoms with Crippen LogP contribution in [0.25, 0.3) is 0 Å². The zero-order chi connectivity index (χ0) is 14.5. The Bertz CT molecular complexity index is 621. The zero-order valence-corrected chi connectivity index (χ0v) is 10.7. The van der Waals surface area contributed by atoms with Crippen LogP contribution in [-0.4, -0.2) is 38.7 Å². The first-order chi connectivity index (χ1) is 9.56. The minimum absolute atomic E-state index is 0.0304. The maximum atomic E-state index is 11.7. The van der Waals surface area contributed by atoms with Gasteiger partial charge in [-0.05, 0) is 19.1 Å². The summed E-state index contributed by atoms with van der Waals surface area (Å²) >= 11 is 0. The molecule has 0 saturated carbocycles. The van der Waals surface area contributed by atoms with Crippen molar-refractivity contribution in [3.63, 3.8) is 0 Å². The van der Waals surface area contributed by atoms with Crippen molar-refractivity contribution in [2.75, 3.05) is 6.54 Å². The van der Waals surface area contributed by atoms with E-state index in [9.17, 15) is 9.59 Å². The van der Waals surface area contributed by atoms with Gasteiger partial charge in [-0.1, -0.05) is 5.16 Å². The van der Waals surface area contributed by atoms with Crippen LogP contribution in [0.2, 0.25) is 0 Å². The van der Waals surface area contributed by atoms with Gasteiger partial charge in [0, 0.05) is 19.2 Å². The first kappa shape index (κ1) is 13.7. The van der Waals surface area contributed by atoms with E-state index in [1.54, 1.807) is 6.92 Å². The lowest BCUT2D eigenvalue weighted by Gasteiger charge is -2.02. The fraction of sp³-hybridized carbons (Fsp3) is 0.250. The topological polar surface area (TPSA) is 118 Å². The van der Waals surface area contributed by atoms with Crippen LogP contribution in [0.5, 0.6) is 0 Å². The number of pyridine rings is 1. The van der Waals surface area contributed by atoms with Gasteiger partial charge in [0.05, 0.1) is 5.56 Å². The number of rotatable bonds is 5. The van der Waals surface area contributed by atoms with E-state index in [0.717, 1.165) is 6.20 Å². The Morgan fingerprint density at radius 3 is 2.75 bits per heavy atom. The van der Waals surface area contributed by atoms with Crippen LogP contribution in [0.4, 0.5) is 0 Å². The van der Waals surface area contributed by atoms with Crippen LogP contribution in [0, 0.1) is 6.92 Å².